The number of pyridine rings is 1. The number of carbonyl (C=O) groups excluding carboxylic acids is 1. The second-order valence-electron chi connectivity index (χ2n) is 7.96. The first kappa shape index (κ1) is 21.8. The molecule has 170 valence electrons. The summed E-state index contributed by atoms with van der Waals surface area (Å²) in [5.74, 6) is -2.31. The molecule has 1 aromatic carbocycles. The molecule has 0 bridgehead atoms. The number of carbonyl (C=O) groups is 2. The maximum atomic E-state index is 13.2. The number of hydrogen-bond donors (Lipinski definition) is 3. The first-order chi connectivity index (χ1) is 15.0. The molecule has 1 aromatic heterocycles. The Labute approximate surface area is 181 Å². The Bertz CT molecular complexity index is 1050. The predicted molar refractivity (Wildman–Crippen MR) is 105 cm³/mol. The van der Waals surface area contributed by atoms with Gasteiger partial charge in [0.1, 0.15) is 11.8 Å². The molecule has 0 radical (unpaired) electrons. The van der Waals surface area contributed by atoms with Gasteiger partial charge >= 0.3 is 18.3 Å². The minimum atomic E-state index is -3.76. The van der Waals surface area contributed by atoms with Gasteiger partial charge in [-0.3, -0.25) is 9.88 Å². The Hall–Kier alpha value is -3.47. The van der Waals surface area contributed by atoms with Crippen molar-refractivity contribution in [2.75, 3.05) is 0 Å². The summed E-state index contributed by atoms with van der Waals surface area (Å²) in [5.41, 5.74) is -0.563. The molecule has 2 aliphatic heterocycles. The van der Waals surface area contributed by atoms with Gasteiger partial charge in [0.15, 0.2) is 11.5 Å². The number of fused-ring (bicyclic) bond motifs is 1. The van der Waals surface area contributed by atoms with Gasteiger partial charge in [-0.05, 0) is 49.6 Å². The average Bonchev–Trinajstić information content (AvgIpc) is 3.03. The monoisotopic (exact) mass is 449 g/mol. The van der Waals surface area contributed by atoms with Gasteiger partial charge in [0.2, 0.25) is 0 Å². The summed E-state index contributed by atoms with van der Waals surface area (Å²) >= 11 is 0. The number of rotatable bonds is 5. The second-order valence-corrected chi connectivity index (χ2v) is 7.96. The number of nitrogens with zero attached hydrogens (tertiary/aromatic N) is 2. The molecule has 0 saturated carbocycles. The third-order valence-electron chi connectivity index (χ3n) is 5.76. The maximum Gasteiger partial charge on any atom is 0.586 e. The number of hydrogen-bond acceptors (Lipinski definition) is 6. The van der Waals surface area contributed by atoms with E-state index in [1.807, 2.05) is 0 Å². The highest BCUT2D eigenvalue weighted by Crippen LogP contribution is 2.44. The number of urea groups is 1. The molecular formula is C21H21F2N3O6. The van der Waals surface area contributed by atoms with E-state index in [-0.39, 0.29) is 17.9 Å². The zero-order chi connectivity index (χ0) is 23.3. The molecule has 1 fully saturated rings. The van der Waals surface area contributed by atoms with Crippen molar-refractivity contribution >= 4 is 12.0 Å². The van der Waals surface area contributed by atoms with Crippen molar-refractivity contribution in [1.82, 2.24) is 15.2 Å². The van der Waals surface area contributed by atoms with Crippen molar-refractivity contribution in [3.8, 4) is 11.5 Å². The number of nitrogens with one attached hydrogen (secondary N) is 1. The normalized spacial score (nSPS) is 26.2. The van der Waals surface area contributed by atoms with E-state index in [1.54, 1.807) is 31.5 Å². The Kier molecular flexibility index (Phi) is 5.16. The number of benzene rings is 1. The van der Waals surface area contributed by atoms with E-state index in [4.69, 9.17) is 0 Å². The number of amides is 2. The molecule has 2 amide bonds. The molecule has 4 atom stereocenters. The maximum absolute atomic E-state index is 13.2. The molecule has 32 heavy (non-hydrogen) atoms. The summed E-state index contributed by atoms with van der Waals surface area (Å²) in [4.78, 5) is 29.6. The summed E-state index contributed by atoms with van der Waals surface area (Å²) in [6.45, 7) is 2.96. The molecule has 3 heterocycles. The van der Waals surface area contributed by atoms with Crippen LogP contribution in [0.25, 0.3) is 0 Å². The van der Waals surface area contributed by atoms with Crippen LogP contribution >= 0.6 is 0 Å². The van der Waals surface area contributed by atoms with Gasteiger partial charge in [0, 0.05) is 18.3 Å². The molecule has 0 spiro atoms. The number of carboxylic acids is 1. The van der Waals surface area contributed by atoms with Gasteiger partial charge in [0.25, 0.3) is 0 Å². The van der Waals surface area contributed by atoms with E-state index >= 15 is 0 Å². The third kappa shape index (κ3) is 3.79. The molecule has 11 heteroatoms. The van der Waals surface area contributed by atoms with E-state index in [0.717, 1.165) is 10.5 Å². The van der Waals surface area contributed by atoms with Gasteiger partial charge in [-0.25, -0.2) is 9.59 Å². The van der Waals surface area contributed by atoms with Crippen LogP contribution in [0.4, 0.5) is 13.6 Å². The van der Waals surface area contributed by atoms with Crippen molar-refractivity contribution in [3.63, 3.8) is 0 Å². The molecule has 1 saturated heterocycles. The van der Waals surface area contributed by atoms with Crippen molar-refractivity contribution < 1.29 is 38.1 Å². The van der Waals surface area contributed by atoms with Gasteiger partial charge < -0.3 is 25.0 Å². The largest absolute Gasteiger partial charge is 0.586 e. The number of aliphatic carboxylic acids is 1. The number of alkyl halides is 2. The Morgan fingerprint density at radius 3 is 2.66 bits per heavy atom. The fourth-order valence-electron chi connectivity index (χ4n) is 4.12. The lowest BCUT2D eigenvalue weighted by molar-refractivity contribution is -0.286. The van der Waals surface area contributed by atoms with Crippen LogP contribution in [0, 0.1) is 5.92 Å². The third-order valence-corrected chi connectivity index (χ3v) is 5.76. The lowest BCUT2D eigenvalue weighted by Crippen LogP contribution is -2.77. The highest BCUT2D eigenvalue weighted by molar-refractivity contribution is 5.86. The van der Waals surface area contributed by atoms with Crippen LogP contribution in [-0.4, -0.2) is 50.2 Å². The van der Waals surface area contributed by atoms with Gasteiger partial charge in [-0.15, -0.1) is 8.78 Å². The fraction of sp³-hybridized carbons (Fsp3) is 0.381. The molecule has 4 rings (SSSR count). The van der Waals surface area contributed by atoms with E-state index in [1.165, 1.54) is 25.1 Å². The van der Waals surface area contributed by atoms with Crippen molar-refractivity contribution in [1.29, 1.82) is 0 Å². The molecule has 9 nitrogen and oxygen atoms in total. The first-order valence-electron chi connectivity index (χ1n) is 9.83. The Morgan fingerprint density at radius 2 is 2.00 bits per heavy atom. The smallest absolute Gasteiger partial charge is 0.480 e. The Balaban J connectivity index is 1.48. The second kappa shape index (κ2) is 7.59. The van der Waals surface area contributed by atoms with Crippen LogP contribution in [0.3, 0.4) is 0 Å². The van der Waals surface area contributed by atoms with Crippen LogP contribution in [0.15, 0.2) is 42.7 Å². The summed E-state index contributed by atoms with van der Waals surface area (Å²) < 4.78 is 35.2. The minimum absolute atomic E-state index is 0.132. The number of halogens is 2. The van der Waals surface area contributed by atoms with E-state index in [2.05, 4.69) is 19.8 Å². The SMILES string of the molecule is C[C@@H](NC(=O)N1[C@H](C(=O)O)[C@@H](Cc2cccnc2)[C@@]1(C)O)c1ccc2c(c1)OC(F)(F)O2. The molecule has 3 N–H and O–H groups in total. The highest BCUT2D eigenvalue weighted by atomic mass is 19.3. The summed E-state index contributed by atoms with van der Waals surface area (Å²) in [5, 5.41) is 23.2. The predicted octanol–water partition coefficient (Wildman–Crippen LogP) is 2.51. The zero-order valence-electron chi connectivity index (χ0n) is 17.2. The van der Waals surface area contributed by atoms with E-state index < -0.39 is 42.0 Å². The number of likely N-dealkylation sites (tertiary alicyclic amines) is 1. The topological polar surface area (TPSA) is 121 Å². The lowest BCUT2D eigenvalue weighted by atomic mass is 9.74. The van der Waals surface area contributed by atoms with E-state index in [0.29, 0.717) is 5.56 Å². The summed E-state index contributed by atoms with van der Waals surface area (Å²) in [6, 6.07) is 4.76. The van der Waals surface area contributed by atoms with Crippen molar-refractivity contribution in [2.24, 2.45) is 5.92 Å². The van der Waals surface area contributed by atoms with Crippen molar-refractivity contribution in [3.05, 3.63) is 53.9 Å². The molecule has 2 aromatic rings. The fourth-order valence-corrected chi connectivity index (χ4v) is 4.12. The highest BCUT2D eigenvalue weighted by Gasteiger charge is 2.62. The van der Waals surface area contributed by atoms with Gasteiger partial charge in [-0.1, -0.05) is 12.1 Å². The average molecular weight is 449 g/mol. The zero-order valence-corrected chi connectivity index (χ0v) is 17.2. The van der Waals surface area contributed by atoms with Crippen LogP contribution in [-0.2, 0) is 11.2 Å². The molecule has 0 aliphatic carbocycles. The lowest BCUT2D eigenvalue weighted by Gasteiger charge is -2.57. The van der Waals surface area contributed by atoms with Crippen molar-refractivity contribution in [2.45, 2.75) is 44.4 Å². The van der Waals surface area contributed by atoms with Crippen LogP contribution in [0.5, 0.6) is 11.5 Å². The van der Waals surface area contributed by atoms with Crippen LogP contribution in [0.1, 0.15) is 31.0 Å². The van der Waals surface area contributed by atoms with E-state index in [9.17, 15) is 28.6 Å². The van der Waals surface area contributed by atoms with Crippen LogP contribution in [0.2, 0.25) is 0 Å². The summed E-state index contributed by atoms with van der Waals surface area (Å²) in [7, 11) is 0. The molecule has 0 unspecified atom stereocenters. The van der Waals surface area contributed by atoms with Gasteiger partial charge in [-0.2, -0.15) is 0 Å². The molecular weight excluding hydrogens is 428 g/mol. The Morgan fingerprint density at radius 1 is 1.28 bits per heavy atom. The van der Waals surface area contributed by atoms with Gasteiger partial charge in [0.05, 0.1) is 6.04 Å². The van der Waals surface area contributed by atoms with Crippen LogP contribution < -0.4 is 14.8 Å². The first-order valence-corrected chi connectivity index (χ1v) is 9.83. The number of ether oxygens (including phenoxy) is 2. The minimum Gasteiger partial charge on any atom is -0.480 e. The number of carboxylic acid groups (broad SMARTS) is 1. The number of aromatic nitrogens is 1. The molecule has 2 aliphatic rings. The quantitative estimate of drug-likeness (QED) is 0.641. The summed E-state index contributed by atoms with van der Waals surface area (Å²) in [6.07, 6.45) is -0.395. The number of aliphatic hydroxyl groups is 1. The standard InChI is InChI=1S/C21H21F2N3O6/c1-11(13-5-6-15-16(9-13)32-21(22,23)31-15)25-19(29)26-17(18(27)28)14(20(26,2)30)8-12-4-3-7-24-10-12/h3-7,9-11,14,17,30H,8H2,1-2H3,(H,25,29)(H,27,28)/t11-,14-,17+,20-/m1/s1.